The van der Waals surface area contributed by atoms with Gasteiger partial charge < -0.3 is 10.2 Å². The summed E-state index contributed by atoms with van der Waals surface area (Å²) in [6, 6.07) is 6.11. The lowest BCUT2D eigenvalue weighted by molar-refractivity contribution is -0.129. The maximum atomic E-state index is 12.9. The molecule has 0 spiro atoms. The molecule has 1 saturated carbocycles. The third-order valence-corrected chi connectivity index (χ3v) is 6.21. The summed E-state index contributed by atoms with van der Waals surface area (Å²) in [6.07, 6.45) is 3.19. The zero-order valence-electron chi connectivity index (χ0n) is 15.8. The molecule has 0 unspecified atom stereocenters. The van der Waals surface area contributed by atoms with E-state index >= 15 is 0 Å². The normalized spacial score (nSPS) is 25.0. The predicted octanol–water partition coefficient (Wildman–Crippen LogP) is 1.80. The molecule has 4 rings (SSSR count). The lowest BCUT2D eigenvalue weighted by Crippen LogP contribution is -2.51. The van der Waals surface area contributed by atoms with Crippen molar-refractivity contribution in [1.29, 1.82) is 0 Å². The van der Waals surface area contributed by atoms with Gasteiger partial charge in [0.25, 0.3) is 5.91 Å². The Morgan fingerprint density at radius 3 is 2.63 bits per heavy atom. The summed E-state index contributed by atoms with van der Waals surface area (Å²) in [4.78, 5) is 29.0. The van der Waals surface area contributed by atoms with Crippen LogP contribution in [0, 0.1) is 5.92 Å². The molecular weight excluding hydrogens is 345 g/mol. The number of carbonyl (C=O) groups is 2. The molecule has 3 aliphatic rings. The number of carbonyl (C=O) groups excluding carboxylic acids is 2. The average molecular weight is 373 g/mol. The van der Waals surface area contributed by atoms with E-state index in [1.165, 1.54) is 11.1 Å². The van der Waals surface area contributed by atoms with Crippen molar-refractivity contribution in [3.8, 4) is 0 Å². The highest BCUT2D eigenvalue weighted by Crippen LogP contribution is 2.30. The fraction of sp³-hybridized carbons (Fsp3) is 0.619. The Balaban J connectivity index is 1.22. The Kier molecular flexibility index (Phi) is 5.43. The fourth-order valence-corrected chi connectivity index (χ4v) is 4.41. The fourth-order valence-electron chi connectivity index (χ4n) is 4.41. The van der Waals surface area contributed by atoms with E-state index in [-0.39, 0.29) is 17.7 Å². The van der Waals surface area contributed by atoms with Gasteiger partial charge in [0.05, 0.1) is 0 Å². The van der Waals surface area contributed by atoms with Gasteiger partial charge in [-0.25, -0.2) is 4.39 Å². The highest BCUT2D eigenvalue weighted by atomic mass is 19.1. The van der Waals surface area contributed by atoms with Gasteiger partial charge in [-0.1, -0.05) is 12.1 Å². The minimum Gasteiger partial charge on any atom is -0.355 e. The second kappa shape index (κ2) is 7.97. The highest BCUT2D eigenvalue weighted by molar-refractivity contribution is 5.96. The van der Waals surface area contributed by atoms with E-state index in [0.29, 0.717) is 19.4 Å². The third-order valence-electron chi connectivity index (χ3n) is 6.21. The first-order valence-electron chi connectivity index (χ1n) is 10.2. The number of hydrogen-bond acceptors (Lipinski definition) is 3. The summed E-state index contributed by atoms with van der Waals surface area (Å²) in [5.74, 6) is 0.00480. The molecule has 0 aromatic heterocycles. The molecule has 5 nitrogen and oxygen atoms in total. The topological polar surface area (TPSA) is 52.7 Å². The number of rotatable bonds is 5. The van der Waals surface area contributed by atoms with Crippen LogP contribution in [0.25, 0.3) is 0 Å². The number of nitrogens with one attached hydrogen (secondary N) is 1. The van der Waals surface area contributed by atoms with Crippen LogP contribution in [-0.2, 0) is 17.6 Å². The van der Waals surface area contributed by atoms with Gasteiger partial charge >= 0.3 is 0 Å². The number of amides is 2. The predicted molar refractivity (Wildman–Crippen MR) is 101 cm³/mol. The second-order valence-corrected chi connectivity index (χ2v) is 7.99. The Labute approximate surface area is 159 Å². The molecule has 0 radical (unpaired) electrons. The zero-order chi connectivity index (χ0) is 18.8. The second-order valence-electron chi connectivity index (χ2n) is 7.99. The SMILES string of the molecule is O=C(NCCN1CCN(C(=O)c2cccc3c2CCC3)CC1)C1CC(F)C1. The van der Waals surface area contributed by atoms with Crippen molar-refractivity contribution < 1.29 is 14.0 Å². The van der Waals surface area contributed by atoms with Crippen LogP contribution in [0.1, 0.15) is 40.7 Å². The standard InChI is InChI=1S/C21H28FN3O2/c22-17-13-16(14-17)20(26)23-7-8-24-9-11-25(12-10-24)21(27)19-6-2-4-15-3-1-5-18(15)19/h2,4,6,16-17H,1,3,5,7-14H2,(H,23,26). The number of fused-ring (bicyclic) bond motifs is 1. The molecule has 1 saturated heterocycles. The molecule has 1 N–H and O–H groups in total. The molecule has 2 amide bonds. The quantitative estimate of drug-likeness (QED) is 0.856. The number of hydrogen-bond donors (Lipinski definition) is 1. The Bertz CT molecular complexity index is 709. The monoisotopic (exact) mass is 373 g/mol. The number of nitrogens with zero attached hydrogens (tertiary/aromatic N) is 2. The van der Waals surface area contributed by atoms with E-state index in [1.54, 1.807) is 0 Å². The van der Waals surface area contributed by atoms with Gasteiger partial charge in [0.15, 0.2) is 0 Å². The van der Waals surface area contributed by atoms with Crippen LogP contribution in [0.2, 0.25) is 0 Å². The molecule has 1 aromatic carbocycles. The van der Waals surface area contributed by atoms with E-state index in [0.717, 1.165) is 57.5 Å². The number of piperazine rings is 1. The van der Waals surface area contributed by atoms with E-state index in [4.69, 9.17) is 0 Å². The Hall–Kier alpha value is -1.95. The van der Waals surface area contributed by atoms with Crippen molar-refractivity contribution in [2.45, 2.75) is 38.3 Å². The van der Waals surface area contributed by atoms with Crippen LogP contribution in [0.3, 0.4) is 0 Å². The van der Waals surface area contributed by atoms with E-state index < -0.39 is 6.17 Å². The van der Waals surface area contributed by atoms with Crippen LogP contribution in [-0.4, -0.2) is 67.1 Å². The van der Waals surface area contributed by atoms with Gasteiger partial charge in [-0.15, -0.1) is 0 Å². The van der Waals surface area contributed by atoms with Crippen LogP contribution in [0.15, 0.2) is 18.2 Å². The van der Waals surface area contributed by atoms with E-state index in [2.05, 4.69) is 16.3 Å². The van der Waals surface area contributed by atoms with Gasteiger partial charge in [0.2, 0.25) is 5.91 Å². The smallest absolute Gasteiger partial charge is 0.254 e. The minimum atomic E-state index is -0.794. The summed E-state index contributed by atoms with van der Waals surface area (Å²) in [5.41, 5.74) is 3.47. The van der Waals surface area contributed by atoms with Crippen molar-refractivity contribution >= 4 is 11.8 Å². The molecular formula is C21H28FN3O2. The van der Waals surface area contributed by atoms with Crippen LogP contribution >= 0.6 is 0 Å². The molecule has 1 aromatic rings. The third kappa shape index (κ3) is 4.00. The van der Waals surface area contributed by atoms with E-state index in [1.807, 2.05) is 17.0 Å². The minimum absolute atomic E-state index is 0.0179. The Morgan fingerprint density at radius 2 is 1.89 bits per heavy atom. The highest BCUT2D eigenvalue weighted by Gasteiger charge is 2.34. The summed E-state index contributed by atoms with van der Waals surface area (Å²) >= 11 is 0. The Morgan fingerprint density at radius 1 is 1.11 bits per heavy atom. The number of alkyl halides is 1. The van der Waals surface area contributed by atoms with Crippen LogP contribution < -0.4 is 5.32 Å². The lowest BCUT2D eigenvalue weighted by Gasteiger charge is -2.35. The van der Waals surface area contributed by atoms with Crippen molar-refractivity contribution in [3.63, 3.8) is 0 Å². The summed E-state index contributed by atoms with van der Waals surface area (Å²) in [7, 11) is 0. The first-order valence-corrected chi connectivity index (χ1v) is 10.2. The molecule has 0 atom stereocenters. The van der Waals surface area contributed by atoms with Crippen molar-refractivity contribution in [2.75, 3.05) is 39.3 Å². The first kappa shape index (κ1) is 18.4. The summed E-state index contributed by atoms with van der Waals surface area (Å²) in [5, 5.41) is 2.91. The van der Waals surface area contributed by atoms with Gasteiger partial charge in [0.1, 0.15) is 6.17 Å². The zero-order valence-corrected chi connectivity index (χ0v) is 15.8. The summed E-state index contributed by atoms with van der Waals surface area (Å²) < 4.78 is 12.8. The molecule has 2 aliphatic carbocycles. The number of aryl methyl sites for hydroxylation is 1. The molecule has 2 fully saturated rings. The largest absolute Gasteiger partial charge is 0.355 e. The lowest BCUT2D eigenvalue weighted by atomic mass is 9.83. The molecule has 146 valence electrons. The van der Waals surface area contributed by atoms with E-state index in [9.17, 15) is 14.0 Å². The van der Waals surface area contributed by atoms with Gasteiger partial charge in [-0.2, -0.15) is 0 Å². The molecule has 27 heavy (non-hydrogen) atoms. The van der Waals surface area contributed by atoms with Gasteiger partial charge in [-0.3, -0.25) is 14.5 Å². The number of halogens is 1. The number of benzene rings is 1. The average Bonchev–Trinajstić information content (AvgIpc) is 3.14. The van der Waals surface area contributed by atoms with Crippen LogP contribution in [0.4, 0.5) is 4.39 Å². The maximum absolute atomic E-state index is 12.9. The molecule has 1 heterocycles. The van der Waals surface area contributed by atoms with Crippen molar-refractivity contribution in [2.24, 2.45) is 5.92 Å². The van der Waals surface area contributed by atoms with Crippen molar-refractivity contribution in [1.82, 2.24) is 15.1 Å². The van der Waals surface area contributed by atoms with Crippen molar-refractivity contribution in [3.05, 3.63) is 34.9 Å². The summed E-state index contributed by atoms with van der Waals surface area (Å²) in [6.45, 7) is 4.47. The molecule has 6 heteroatoms. The van der Waals surface area contributed by atoms with Gasteiger partial charge in [-0.05, 0) is 49.3 Å². The maximum Gasteiger partial charge on any atom is 0.254 e. The first-order chi connectivity index (χ1) is 13.1. The molecule has 0 bridgehead atoms. The van der Waals surface area contributed by atoms with Gasteiger partial charge in [0, 0.05) is 50.7 Å². The molecule has 1 aliphatic heterocycles. The van der Waals surface area contributed by atoms with Crippen LogP contribution in [0.5, 0.6) is 0 Å².